The molecule has 37 heavy (non-hydrogen) atoms. The van der Waals surface area contributed by atoms with E-state index in [-0.39, 0.29) is 0 Å². The molecule has 198 valence electrons. The van der Waals surface area contributed by atoms with Gasteiger partial charge in [-0.3, -0.25) is 4.57 Å². The highest BCUT2D eigenvalue weighted by Gasteiger charge is 2.28. The lowest BCUT2D eigenvalue weighted by Crippen LogP contribution is -2.13. The Balaban J connectivity index is 0.000000733. The molecule has 0 N–H and O–H groups in total. The Morgan fingerprint density at radius 2 is 1.38 bits per heavy atom. The Kier molecular flexibility index (Phi) is 11.6. The molecular formula is C33H43FN2S. The number of imidazole rings is 1. The van der Waals surface area contributed by atoms with Crippen LogP contribution in [0.2, 0.25) is 0 Å². The molecule has 0 atom stereocenters. The van der Waals surface area contributed by atoms with E-state index in [9.17, 15) is 3.89 Å². The second-order valence-corrected chi connectivity index (χ2v) is 10.7. The minimum absolute atomic E-state index is 0.365. The summed E-state index contributed by atoms with van der Waals surface area (Å²) in [4.78, 5) is 5.07. The highest BCUT2D eigenvalue weighted by atomic mass is 32.2. The van der Waals surface area contributed by atoms with Crippen LogP contribution >= 0.6 is 12.1 Å². The first-order valence-electron chi connectivity index (χ1n) is 13.4. The monoisotopic (exact) mass is 518 g/mol. The number of benzene rings is 3. The fourth-order valence-electron chi connectivity index (χ4n) is 4.29. The maximum atomic E-state index is 13.9. The van der Waals surface area contributed by atoms with Gasteiger partial charge in [-0.2, -0.15) is 3.89 Å². The van der Waals surface area contributed by atoms with E-state index in [2.05, 4.69) is 69.6 Å². The molecule has 1 heterocycles. The van der Waals surface area contributed by atoms with Gasteiger partial charge in [-0.15, -0.1) is 0 Å². The summed E-state index contributed by atoms with van der Waals surface area (Å²) in [7, 11) is 0. The van der Waals surface area contributed by atoms with Gasteiger partial charge in [0.05, 0.1) is 28.3 Å². The first-order valence-corrected chi connectivity index (χ1v) is 14.1. The Labute approximate surface area is 228 Å². The minimum Gasteiger partial charge on any atom is -0.299 e. The number of hydrogen-bond donors (Lipinski definition) is 0. The van der Waals surface area contributed by atoms with E-state index in [4.69, 9.17) is 4.98 Å². The highest BCUT2D eigenvalue weighted by Crippen LogP contribution is 2.42. The molecule has 0 radical (unpaired) electrons. The van der Waals surface area contributed by atoms with Crippen molar-refractivity contribution in [1.82, 2.24) is 9.55 Å². The van der Waals surface area contributed by atoms with Crippen molar-refractivity contribution < 1.29 is 3.89 Å². The standard InChI is InChI=1S/C27H27FN2S.C4H10.C2H6/c1-18-15-19(2)25(20(3)16-18)30-17-24(21-11-7-6-8-12-21)29-26(30)22-13-9-10-14-23(22)27(4,5)31-28;1-3-4-2;1-2/h6-17H,1-5H3;3-4H2,1-2H3;1-2H3. The van der Waals surface area contributed by atoms with Gasteiger partial charge in [-0.25, -0.2) is 4.98 Å². The summed E-state index contributed by atoms with van der Waals surface area (Å²) >= 11 is 0.365. The first-order chi connectivity index (χ1) is 17.7. The fourth-order valence-corrected chi connectivity index (χ4v) is 4.55. The van der Waals surface area contributed by atoms with Crippen molar-refractivity contribution in [3.63, 3.8) is 0 Å². The van der Waals surface area contributed by atoms with E-state index in [0.29, 0.717) is 12.1 Å². The lowest BCUT2D eigenvalue weighted by molar-refractivity contribution is 0.742. The zero-order valence-corrected chi connectivity index (χ0v) is 24.8. The molecule has 0 saturated carbocycles. The molecule has 2 nitrogen and oxygen atoms in total. The van der Waals surface area contributed by atoms with Crippen molar-refractivity contribution in [2.24, 2.45) is 0 Å². The molecular weight excluding hydrogens is 475 g/mol. The number of rotatable bonds is 6. The third-order valence-electron chi connectivity index (χ3n) is 6.16. The maximum Gasteiger partial charge on any atom is 0.145 e. The number of hydrogen-bond acceptors (Lipinski definition) is 2. The molecule has 0 aliphatic carbocycles. The summed E-state index contributed by atoms with van der Waals surface area (Å²) in [5.41, 5.74) is 8.56. The van der Waals surface area contributed by atoms with Crippen LogP contribution in [0.1, 0.15) is 76.6 Å². The molecule has 4 rings (SSSR count). The number of aryl methyl sites for hydroxylation is 3. The quantitative estimate of drug-likeness (QED) is 0.253. The van der Waals surface area contributed by atoms with Gasteiger partial charge in [-0.1, -0.05) is 113 Å². The molecule has 3 aromatic carbocycles. The maximum absolute atomic E-state index is 13.9. The normalized spacial score (nSPS) is 10.8. The number of unbranched alkanes of at least 4 members (excludes halogenated alkanes) is 1. The van der Waals surface area contributed by atoms with Gasteiger partial charge < -0.3 is 0 Å². The van der Waals surface area contributed by atoms with Crippen LogP contribution in [-0.4, -0.2) is 9.55 Å². The third-order valence-corrected chi connectivity index (χ3v) is 6.77. The van der Waals surface area contributed by atoms with Crippen LogP contribution in [0.4, 0.5) is 3.89 Å². The van der Waals surface area contributed by atoms with Crippen LogP contribution in [0.5, 0.6) is 0 Å². The lowest BCUT2D eigenvalue weighted by Gasteiger charge is -2.23. The predicted molar refractivity (Wildman–Crippen MR) is 162 cm³/mol. The summed E-state index contributed by atoms with van der Waals surface area (Å²) in [6.45, 7) is 18.6. The summed E-state index contributed by atoms with van der Waals surface area (Å²) in [6, 6.07) is 22.6. The van der Waals surface area contributed by atoms with Gasteiger partial charge in [0.1, 0.15) is 5.82 Å². The van der Waals surface area contributed by atoms with E-state index in [1.165, 1.54) is 29.5 Å². The second kappa shape index (κ2) is 14.2. The van der Waals surface area contributed by atoms with E-state index >= 15 is 0 Å². The third kappa shape index (κ3) is 7.35. The van der Waals surface area contributed by atoms with Crippen LogP contribution in [0.15, 0.2) is 72.9 Å². The zero-order chi connectivity index (χ0) is 27.6. The molecule has 0 spiro atoms. The molecule has 0 bridgehead atoms. The van der Waals surface area contributed by atoms with Crippen LogP contribution in [0, 0.1) is 20.8 Å². The SMILES string of the molecule is CC.CCCC.Cc1cc(C)c(-n2cc(-c3ccccc3)nc2-c2ccccc2C(C)(C)SF)c(C)c1. The van der Waals surface area contributed by atoms with Crippen molar-refractivity contribution in [3.05, 3.63) is 95.2 Å². The molecule has 0 fully saturated rings. The second-order valence-electron chi connectivity index (χ2n) is 9.57. The Hall–Kier alpha value is -2.85. The average molecular weight is 519 g/mol. The predicted octanol–water partition coefficient (Wildman–Crippen LogP) is 10.8. The van der Waals surface area contributed by atoms with Crippen LogP contribution in [0.25, 0.3) is 28.3 Å². The molecule has 0 saturated heterocycles. The van der Waals surface area contributed by atoms with Crippen molar-refractivity contribution >= 4 is 12.1 Å². The van der Waals surface area contributed by atoms with E-state index in [0.717, 1.165) is 33.9 Å². The lowest BCUT2D eigenvalue weighted by atomic mass is 9.95. The van der Waals surface area contributed by atoms with Gasteiger partial charge in [0, 0.05) is 17.3 Å². The molecule has 0 amide bonds. The highest BCUT2D eigenvalue weighted by molar-refractivity contribution is 7.95. The van der Waals surface area contributed by atoms with Crippen LogP contribution in [0.3, 0.4) is 0 Å². The molecule has 1 aromatic heterocycles. The molecule has 0 aliphatic heterocycles. The fraction of sp³-hybridized carbons (Fsp3) is 0.364. The van der Waals surface area contributed by atoms with E-state index < -0.39 is 4.75 Å². The van der Waals surface area contributed by atoms with E-state index in [1.807, 2.05) is 70.2 Å². The molecule has 0 aliphatic rings. The van der Waals surface area contributed by atoms with Gasteiger partial charge >= 0.3 is 0 Å². The number of nitrogens with zero attached hydrogens (tertiary/aromatic N) is 2. The minimum atomic E-state index is -0.683. The van der Waals surface area contributed by atoms with Crippen molar-refractivity contribution in [2.75, 3.05) is 0 Å². The Morgan fingerprint density at radius 3 is 1.92 bits per heavy atom. The number of halogens is 1. The summed E-state index contributed by atoms with van der Waals surface area (Å²) < 4.78 is 15.4. The van der Waals surface area contributed by atoms with Crippen molar-refractivity contribution in [1.29, 1.82) is 0 Å². The summed E-state index contributed by atoms with van der Waals surface area (Å²) in [5, 5.41) is 0. The summed E-state index contributed by atoms with van der Waals surface area (Å²) in [6.07, 6.45) is 4.74. The molecule has 4 heteroatoms. The van der Waals surface area contributed by atoms with Crippen LogP contribution < -0.4 is 0 Å². The van der Waals surface area contributed by atoms with Gasteiger partial charge in [0.2, 0.25) is 0 Å². The summed E-state index contributed by atoms with van der Waals surface area (Å²) in [5.74, 6) is 0.826. The van der Waals surface area contributed by atoms with Gasteiger partial charge in [-0.05, 0) is 51.3 Å². The Bertz CT molecular complexity index is 1230. The van der Waals surface area contributed by atoms with E-state index in [1.54, 1.807) is 0 Å². The smallest absolute Gasteiger partial charge is 0.145 e. The van der Waals surface area contributed by atoms with Crippen molar-refractivity contribution in [3.8, 4) is 28.3 Å². The zero-order valence-electron chi connectivity index (χ0n) is 24.0. The molecule has 0 unspecified atom stereocenters. The van der Waals surface area contributed by atoms with Crippen molar-refractivity contribution in [2.45, 2.75) is 79.9 Å². The largest absolute Gasteiger partial charge is 0.299 e. The number of aromatic nitrogens is 2. The topological polar surface area (TPSA) is 17.8 Å². The van der Waals surface area contributed by atoms with Crippen LogP contribution in [-0.2, 0) is 4.75 Å². The van der Waals surface area contributed by atoms with Gasteiger partial charge in [0.25, 0.3) is 0 Å². The first kappa shape index (κ1) is 30.4. The Morgan fingerprint density at radius 1 is 0.838 bits per heavy atom. The van der Waals surface area contributed by atoms with Gasteiger partial charge in [0.15, 0.2) is 0 Å². The average Bonchev–Trinajstić information content (AvgIpc) is 3.34. The molecule has 4 aromatic rings.